The lowest BCUT2D eigenvalue weighted by atomic mass is 9.94. The van der Waals surface area contributed by atoms with Gasteiger partial charge >= 0.3 is 5.97 Å². The van der Waals surface area contributed by atoms with E-state index in [9.17, 15) is 9.59 Å². The van der Waals surface area contributed by atoms with Crippen LogP contribution in [0.15, 0.2) is 30.3 Å². The van der Waals surface area contributed by atoms with E-state index < -0.39 is 0 Å². The lowest BCUT2D eigenvalue weighted by Gasteiger charge is -2.10. The van der Waals surface area contributed by atoms with E-state index in [0.717, 1.165) is 18.4 Å². The van der Waals surface area contributed by atoms with Crippen LogP contribution in [0.3, 0.4) is 0 Å². The average molecular weight is 262 g/mol. The molecule has 1 unspecified atom stereocenters. The van der Waals surface area contributed by atoms with Crippen molar-refractivity contribution < 1.29 is 14.3 Å². The van der Waals surface area contributed by atoms with E-state index in [1.165, 1.54) is 0 Å². The molecule has 1 aromatic carbocycles. The van der Waals surface area contributed by atoms with Crippen LogP contribution in [0.4, 0.5) is 0 Å². The van der Waals surface area contributed by atoms with Crippen LogP contribution in [0.2, 0.25) is 0 Å². The Balaban J connectivity index is 2.33. The van der Waals surface area contributed by atoms with Gasteiger partial charge in [0.2, 0.25) is 0 Å². The van der Waals surface area contributed by atoms with Crippen LogP contribution in [-0.2, 0) is 14.3 Å². The van der Waals surface area contributed by atoms with E-state index in [1.807, 2.05) is 44.2 Å². The Morgan fingerprint density at radius 1 is 1.16 bits per heavy atom. The number of carbonyl (C=O) groups excluding carboxylic acids is 2. The number of unbranched alkanes of at least 4 members (excludes halogenated alkanes) is 1. The number of hydrogen-bond donors (Lipinski definition) is 0. The van der Waals surface area contributed by atoms with E-state index in [0.29, 0.717) is 6.61 Å². The highest BCUT2D eigenvalue weighted by atomic mass is 16.5. The Bertz CT molecular complexity index is 398. The molecule has 0 spiro atoms. The third kappa shape index (κ3) is 5.69. The molecule has 3 nitrogen and oxygen atoms in total. The summed E-state index contributed by atoms with van der Waals surface area (Å²) >= 11 is 0. The summed E-state index contributed by atoms with van der Waals surface area (Å²) in [6.45, 7) is 4.37. The van der Waals surface area contributed by atoms with E-state index in [1.54, 1.807) is 0 Å². The fraction of sp³-hybridized carbons (Fsp3) is 0.500. The first-order valence-corrected chi connectivity index (χ1v) is 6.88. The molecule has 3 heteroatoms. The minimum atomic E-state index is -0.276. The average Bonchev–Trinajstić information content (AvgIpc) is 2.45. The van der Waals surface area contributed by atoms with E-state index in [2.05, 4.69) is 0 Å². The molecule has 0 aliphatic rings. The number of carbonyl (C=O) groups is 2. The minimum absolute atomic E-state index is 0.0821. The van der Waals surface area contributed by atoms with Crippen molar-refractivity contribution in [3.8, 4) is 0 Å². The lowest BCUT2D eigenvalue weighted by Crippen LogP contribution is -2.13. The molecule has 104 valence electrons. The predicted octanol–water partition coefficient (Wildman–Crippen LogP) is 3.48. The van der Waals surface area contributed by atoms with Crippen molar-refractivity contribution in [1.82, 2.24) is 0 Å². The minimum Gasteiger partial charge on any atom is -0.466 e. The SMILES string of the molecule is CCCCOC(=O)CCC(=O)C(C)c1ccccc1. The van der Waals surface area contributed by atoms with Crippen molar-refractivity contribution in [2.24, 2.45) is 0 Å². The first-order valence-electron chi connectivity index (χ1n) is 6.88. The normalized spacial score (nSPS) is 11.9. The number of Topliss-reactive ketones (excluding diaryl/α,β-unsaturated/α-hetero) is 1. The van der Waals surface area contributed by atoms with Gasteiger partial charge in [-0.15, -0.1) is 0 Å². The van der Waals surface area contributed by atoms with Crippen LogP contribution in [-0.4, -0.2) is 18.4 Å². The maximum absolute atomic E-state index is 12.0. The van der Waals surface area contributed by atoms with Crippen molar-refractivity contribution in [2.45, 2.75) is 45.4 Å². The highest BCUT2D eigenvalue weighted by Crippen LogP contribution is 2.18. The summed E-state index contributed by atoms with van der Waals surface area (Å²) in [6.07, 6.45) is 2.30. The fourth-order valence-corrected chi connectivity index (χ4v) is 1.77. The van der Waals surface area contributed by atoms with E-state index in [-0.39, 0.29) is 30.5 Å². The summed E-state index contributed by atoms with van der Waals surface area (Å²) in [5.41, 5.74) is 0.992. The third-order valence-electron chi connectivity index (χ3n) is 3.12. The number of rotatable bonds is 8. The number of ketones is 1. The highest BCUT2D eigenvalue weighted by Gasteiger charge is 2.16. The van der Waals surface area contributed by atoms with Gasteiger partial charge in [0.15, 0.2) is 0 Å². The van der Waals surface area contributed by atoms with Gasteiger partial charge < -0.3 is 4.74 Å². The first-order chi connectivity index (χ1) is 9.15. The monoisotopic (exact) mass is 262 g/mol. The standard InChI is InChI=1S/C16H22O3/c1-3-4-12-19-16(18)11-10-15(17)13(2)14-8-6-5-7-9-14/h5-9,13H,3-4,10-12H2,1-2H3. The Kier molecular flexibility index (Phi) is 6.86. The molecule has 1 rings (SSSR count). The van der Waals surface area contributed by atoms with Crippen LogP contribution in [0.1, 0.15) is 51.0 Å². The molecule has 0 amide bonds. The predicted molar refractivity (Wildman–Crippen MR) is 75.0 cm³/mol. The molecule has 0 radical (unpaired) electrons. The Morgan fingerprint density at radius 3 is 2.47 bits per heavy atom. The smallest absolute Gasteiger partial charge is 0.306 e. The molecule has 0 heterocycles. The van der Waals surface area contributed by atoms with Gasteiger partial charge in [-0.05, 0) is 12.0 Å². The van der Waals surface area contributed by atoms with Gasteiger partial charge in [-0.25, -0.2) is 0 Å². The van der Waals surface area contributed by atoms with E-state index in [4.69, 9.17) is 4.74 Å². The molecule has 0 aliphatic heterocycles. The van der Waals surface area contributed by atoms with Crippen LogP contribution < -0.4 is 0 Å². The van der Waals surface area contributed by atoms with Gasteiger partial charge in [0.25, 0.3) is 0 Å². The van der Waals surface area contributed by atoms with E-state index >= 15 is 0 Å². The Morgan fingerprint density at radius 2 is 1.84 bits per heavy atom. The second-order valence-electron chi connectivity index (χ2n) is 4.67. The van der Waals surface area contributed by atoms with Crippen molar-refractivity contribution >= 4 is 11.8 Å². The quantitative estimate of drug-likeness (QED) is 0.532. The topological polar surface area (TPSA) is 43.4 Å². The van der Waals surface area contributed by atoms with Gasteiger partial charge in [-0.1, -0.05) is 50.6 Å². The number of ether oxygens (including phenoxy) is 1. The zero-order chi connectivity index (χ0) is 14.1. The molecule has 0 bridgehead atoms. The van der Waals surface area contributed by atoms with Crippen molar-refractivity contribution in [2.75, 3.05) is 6.61 Å². The molecular weight excluding hydrogens is 240 g/mol. The molecule has 0 fully saturated rings. The van der Waals surface area contributed by atoms with Crippen molar-refractivity contribution in [3.63, 3.8) is 0 Å². The van der Waals surface area contributed by atoms with Crippen molar-refractivity contribution in [3.05, 3.63) is 35.9 Å². The van der Waals surface area contributed by atoms with Gasteiger partial charge in [0.05, 0.1) is 13.0 Å². The summed E-state index contributed by atoms with van der Waals surface area (Å²) in [6, 6.07) is 9.62. The molecule has 19 heavy (non-hydrogen) atoms. The molecule has 1 aromatic rings. The van der Waals surface area contributed by atoms with Crippen LogP contribution in [0.25, 0.3) is 0 Å². The fourth-order valence-electron chi connectivity index (χ4n) is 1.77. The molecule has 0 N–H and O–H groups in total. The summed E-state index contributed by atoms with van der Waals surface area (Å²) in [5.74, 6) is -0.356. The first kappa shape index (κ1) is 15.4. The number of esters is 1. The molecular formula is C16H22O3. The summed E-state index contributed by atoms with van der Waals surface area (Å²) in [5, 5.41) is 0. The summed E-state index contributed by atoms with van der Waals surface area (Å²) in [7, 11) is 0. The van der Waals surface area contributed by atoms with Gasteiger partial charge in [-0.3, -0.25) is 9.59 Å². The summed E-state index contributed by atoms with van der Waals surface area (Å²) < 4.78 is 5.03. The van der Waals surface area contributed by atoms with Crippen molar-refractivity contribution in [1.29, 1.82) is 0 Å². The van der Waals surface area contributed by atoms with Gasteiger partial charge in [0.1, 0.15) is 5.78 Å². The second kappa shape index (κ2) is 8.46. The Labute approximate surface area is 115 Å². The molecule has 0 saturated carbocycles. The van der Waals surface area contributed by atoms with Crippen LogP contribution >= 0.6 is 0 Å². The maximum atomic E-state index is 12.0. The summed E-state index contributed by atoms with van der Waals surface area (Å²) in [4.78, 5) is 23.4. The lowest BCUT2D eigenvalue weighted by molar-refractivity contribution is -0.145. The molecule has 0 aromatic heterocycles. The van der Waals surface area contributed by atoms with Crippen LogP contribution in [0, 0.1) is 0 Å². The number of benzene rings is 1. The maximum Gasteiger partial charge on any atom is 0.306 e. The zero-order valence-electron chi connectivity index (χ0n) is 11.7. The highest BCUT2D eigenvalue weighted by molar-refractivity contribution is 5.88. The third-order valence-corrected chi connectivity index (χ3v) is 3.12. The Hall–Kier alpha value is -1.64. The molecule has 0 saturated heterocycles. The second-order valence-corrected chi connectivity index (χ2v) is 4.67. The largest absolute Gasteiger partial charge is 0.466 e. The van der Waals surface area contributed by atoms with Gasteiger partial charge in [0, 0.05) is 12.3 Å². The molecule has 0 aliphatic carbocycles. The zero-order valence-corrected chi connectivity index (χ0v) is 11.7. The van der Waals surface area contributed by atoms with Crippen LogP contribution in [0.5, 0.6) is 0 Å². The number of hydrogen-bond acceptors (Lipinski definition) is 3. The molecule has 1 atom stereocenters. The van der Waals surface area contributed by atoms with Gasteiger partial charge in [-0.2, -0.15) is 0 Å².